The Morgan fingerprint density at radius 2 is 2.12 bits per heavy atom. The number of nitrogens with zero attached hydrogens (tertiary/aromatic N) is 4. The molecule has 0 atom stereocenters. The average Bonchev–Trinajstić information content (AvgIpc) is 3.30. The number of carbonyl (C=O) groups excluding carboxylic acids is 1. The lowest BCUT2D eigenvalue weighted by atomic mass is 10.0. The molecule has 0 aromatic carbocycles. The van der Waals surface area contributed by atoms with Crippen molar-refractivity contribution in [3.05, 3.63) is 35.3 Å². The zero-order chi connectivity index (χ0) is 18.3. The van der Waals surface area contributed by atoms with Crippen LogP contribution in [0.4, 0.5) is 0 Å². The van der Waals surface area contributed by atoms with Crippen LogP contribution in [0.1, 0.15) is 43.1 Å². The van der Waals surface area contributed by atoms with Crippen molar-refractivity contribution in [1.29, 1.82) is 0 Å². The van der Waals surface area contributed by atoms with Gasteiger partial charge in [-0.3, -0.25) is 4.79 Å². The number of amides is 1. The van der Waals surface area contributed by atoms with Crippen LogP contribution in [0, 0.1) is 0 Å². The molecule has 1 aliphatic rings. The van der Waals surface area contributed by atoms with Gasteiger partial charge in [-0.15, -0.1) is 11.3 Å². The van der Waals surface area contributed by atoms with E-state index in [2.05, 4.69) is 18.9 Å². The largest absolute Gasteiger partial charge is 0.339 e. The molecule has 6 nitrogen and oxygen atoms in total. The van der Waals surface area contributed by atoms with Gasteiger partial charge in [0.15, 0.2) is 5.65 Å². The maximum absolute atomic E-state index is 13.2. The van der Waals surface area contributed by atoms with Gasteiger partial charge in [0, 0.05) is 25.2 Å². The number of carbonyl (C=O) groups is 1. The number of hydrogen-bond donors (Lipinski definition) is 1. The van der Waals surface area contributed by atoms with Crippen LogP contribution in [-0.2, 0) is 0 Å². The van der Waals surface area contributed by atoms with Gasteiger partial charge in [0.2, 0.25) is 0 Å². The predicted molar refractivity (Wildman–Crippen MR) is 104 cm³/mol. The number of aromatic nitrogens is 3. The summed E-state index contributed by atoms with van der Waals surface area (Å²) in [5, 5.41) is 7.33. The quantitative estimate of drug-likeness (QED) is 0.768. The van der Waals surface area contributed by atoms with E-state index >= 15 is 0 Å². The Morgan fingerprint density at radius 1 is 1.35 bits per heavy atom. The minimum absolute atomic E-state index is 0.0467. The van der Waals surface area contributed by atoms with Crippen LogP contribution in [0.3, 0.4) is 0 Å². The van der Waals surface area contributed by atoms with Crippen molar-refractivity contribution < 1.29 is 4.79 Å². The van der Waals surface area contributed by atoms with Gasteiger partial charge >= 0.3 is 0 Å². The Kier molecular flexibility index (Phi) is 4.50. The molecule has 4 rings (SSSR count). The highest BCUT2D eigenvalue weighted by atomic mass is 32.1. The van der Waals surface area contributed by atoms with Crippen molar-refractivity contribution in [3.8, 4) is 10.6 Å². The number of hydrogen-bond acceptors (Lipinski definition) is 5. The molecule has 3 aromatic rings. The second-order valence-electron chi connectivity index (χ2n) is 7.08. The van der Waals surface area contributed by atoms with E-state index in [1.165, 1.54) is 0 Å². The van der Waals surface area contributed by atoms with E-state index in [0.717, 1.165) is 34.4 Å². The van der Waals surface area contributed by atoms with Gasteiger partial charge < -0.3 is 10.6 Å². The van der Waals surface area contributed by atoms with Gasteiger partial charge in [0.05, 0.1) is 27.7 Å². The van der Waals surface area contributed by atoms with E-state index < -0.39 is 0 Å². The van der Waals surface area contributed by atoms with Crippen LogP contribution < -0.4 is 5.73 Å². The summed E-state index contributed by atoms with van der Waals surface area (Å²) in [7, 11) is 0. The molecule has 7 heteroatoms. The second-order valence-corrected chi connectivity index (χ2v) is 8.03. The van der Waals surface area contributed by atoms with Crippen LogP contribution in [0.15, 0.2) is 29.8 Å². The fourth-order valence-electron chi connectivity index (χ4n) is 3.40. The van der Waals surface area contributed by atoms with Crippen molar-refractivity contribution in [1.82, 2.24) is 19.7 Å². The molecule has 2 N–H and O–H groups in total. The minimum atomic E-state index is 0.0467. The highest BCUT2D eigenvalue weighted by molar-refractivity contribution is 7.13. The molecular formula is C19H23N5OS. The van der Waals surface area contributed by atoms with E-state index in [0.29, 0.717) is 18.7 Å². The summed E-state index contributed by atoms with van der Waals surface area (Å²) < 4.78 is 1.88. The van der Waals surface area contributed by atoms with E-state index in [9.17, 15) is 4.79 Å². The molecule has 4 heterocycles. The van der Waals surface area contributed by atoms with Crippen molar-refractivity contribution in [2.75, 3.05) is 13.1 Å². The van der Waals surface area contributed by atoms with E-state index in [1.54, 1.807) is 17.5 Å². The van der Waals surface area contributed by atoms with Crippen molar-refractivity contribution in [3.63, 3.8) is 0 Å². The fraction of sp³-hybridized carbons (Fsp3) is 0.421. The molecule has 26 heavy (non-hydrogen) atoms. The number of pyridine rings is 1. The average molecular weight is 369 g/mol. The maximum Gasteiger partial charge on any atom is 0.254 e. The summed E-state index contributed by atoms with van der Waals surface area (Å²) in [6, 6.07) is 6.32. The van der Waals surface area contributed by atoms with Crippen LogP contribution in [-0.4, -0.2) is 44.7 Å². The molecule has 0 saturated carbocycles. The first-order valence-electron chi connectivity index (χ1n) is 9.01. The zero-order valence-electron chi connectivity index (χ0n) is 15.1. The molecule has 0 spiro atoms. The Bertz CT molecular complexity index is 923. The van der Waals surface area contributed by atoms with Gasteiger partial charge in [0.1, 0.15) is 0 Å². The van der Waals surface area contributed by atoms with Gasteiger partial charge in [-0.05, 0) is 44.2 Å². The number of piperidine rings is 1. The molecule has 1 aliphatic heterocycles. The molecule has 0 aliphatic carbocycles. The fourth-order valence-corrected chi connectivity index (χ4v) is 4.08. The van der Waals surface area contributed by atoms with Crippen LogP contribution in [0.2, 0.25) is 0 Å². The Hall–Kier alpha value is -2.25. The molecule has 0 bridgehead atoms. The van der Waals surface area contributed by atoms with E-state index in [-0.39, 0.29) is 18.0 Å². The predicted octanol–water partition coefficient (Wildman–Crippen LogP) is 3.30. The van der Waals surface area contributed by atoms with Crippen LogP contribution in [0.5, 0.6) is 0 Å². The standard InChI is InChI=1S/C19H23N5OS/c1-12(2)24-18-15(11-21-24)14(10-16(22-18)17-4-3-9-26-17)19(25)23-7-5-13(20)6-8-23/h3-4,9-13H,5-8,20H2,1-2H3. The molecule has 0 unspecified atom stereocenters. The first-order valence-corrected chi connectivity index (χ1v) is 9.89. The number of rotatable bonds is 3. The summed E-state index contributed by atoms with van der Waals surface area (Å²) in [5.41, 5.74) is 8.27. The van der Waals surface area contributed by atoms with Gasteiger partial charge in [-0.2, -0.15) is 5.10 Å². The third-order valence-electron chi connectivity index (χ3n) is 4.89. The topological polar surface area (TPSA) is 77.0 Å². The summed E-state index contributed by atoms with van der Waals surface area (Å²) >= 11 is 1.62. The van der Waals surface area contributed by atoms with Crippen molar-refractivity contribution in [2.45, 2.75) is 38.8 Å². The Labute approximate surface area is 156 Å². The lowest BCUT2D eigenvalue weighted by molar-refractivity contribution is 0.0716. The van der Waals surface area contributed by atoms with Crippen LogP contribution >= 0.6 is 11.3 Å². The molecule has 3 aromatic heterocycles. The number of likely N-dealkylation sites (tertiary alicyclic amines) is 1. The van der Waals surface area contributed by atoms with Gasteiger partial charge in [-0.25, -0.2) is 9.67 Å². The number of thiophene rings is 1. The normalized spacial score (nSPS) is 15.9. The number of fused-ring (bicyclic) bond motifs is 1. The molecule has 0 radical (unpaired) electrons. The van der Waals surface area contributed by atoms with Crippen molar-refractivity contribution >= 4 is 28.3 Å². The Morgan fingerprint density at radius 3 is 2.77 bits per heavy atom. The highest BCUT2D eigenvalue weighted by Gasteiger charge is 2.25. The van der Waals surface area contributed by atoms with Gasteiger partial charge in [0.25, 0.3) is 5.91 Å². The van der Waals surface area contributed by atoms with Crippen LogP contribution in [0.25, 0.3) is 21.6 Å². The lowest BCUT2D eigenvalue weighted by Crippen LogP contribution is -2.42. The summed E-state index contributed by atoms with van der Waals surface area (Å²) in [6.45, 7) is 5.55. The Balaban J connectivity index is 1.83. The molecule has 1 amide bonds. The molecule has 136 valence electrons. The van der Waals surface area contributed by atoms with Gasteiger partial charge in [-0.1, -0.05) is 6.07 Å². The minimum Gasteiger partial charge on any atom is -0.339 e. The van der Waals surface area contributed by atoms with Crippen molar-refractivity contribution in [2.24, 2.45) is 5.73 Å². The van der Waals surface area contributed by atoms with E-state index in [4.69, 9.17) is 10.7 Å². The molecule has 1 fully saturated rings. The first kappa shape index (κ1) is 17.2. The molecular weight excluding hydrogens is 346 g/mol. The SMILES string of the molecule is CC(C)n1ncc2c(C(=O)N3CCC(N)CC3)cc(-c3cccs3)nc21. The maximum atomic E-state index is 13.2. The summed E-state index contributed by atoms with van der Waals surface area (Å²) in [4.78, 5) is 21.0. The smallest absolute Gasteiger partial charge is 0.254 e. The first-order chi connectivity index (χ1) is 12.5. The zero-order valence-corrected chi connectivity index (χ0v) is 15.9. The lowest BCUT2D eigenvalue weighted by Gasteiger charge is -2.30. The summed E-state index contributed by atoms with van der Waals surface area (Å²) in [5.74, 6) is 0.0467. The third-order valence-corrected chi connectivity index (χ3v) is 5.78. The summed E-state index contributed by atoms with van der Waals surface area (Å²) in [6.07, 6.45) is 3.47. The highest BCUT2D eigenvalue weighted by Crippen LogP contribution is 2.30. The number of nitrogens with two attached hydrogens (primary N) is 1. The third kappa shape index (κ3) is 3.01. The monoisotopic (exact) mass is 369 g/mol. The van der Waals surface area contributed by atoms with E-state index in [1.807, 2.05) is 33.2 Å². The second kappa shape index (κ2) is 6.81. The molecule has 1 saturated heterocycles.